The number of nitrogens with zero attached hydrogens (tertiary/aromatic N) is 2. The molecule has 0 bridgehead atoms. The predicted octanol–water partition coefficient (Wildman–Crippen LogP) is 1.35. The lowest BCUT2D eigenvalue weighted by molar-refractivity contribution is -0.479. The van der Waals surface area contributed by atoms with E-state index in [4.69, 9.17) is 0 Å². The van der Waals surface area contributed by atoms with Gasteiger partial charge in [-0.1, -0.05) is 13.8 Å². The van der Waals surface area contributed by atoms with Gasteiger partial charge in [-0.05, 0) is 0 Å². The van der Waals surface area contributed by atoms with E-state index in [2.05, 4.69) is 0 Å². The quantitative estimate of drug-likeness (QED) is 0.480. The van der Waals surface area contributed by atoms with Crippen LogP contribution < -0.4 is 0 Å². The second-order valence-corrected chi connectivity index (χ2v) is 2.11. The lowest BCUT2D eigenvalue weighted by Crippen LogP contribution is -1.96. The van der Waals surface area contributed by atoms with E-state index >= 15 is 0 Å². The van der Waals surface area contributed by atoms with Gasteiger partial charge in [0.2, 0.25) is 13.1 Å². The van der Waals surface area contributed by atoms with Crippen molar-refractivity contribution in [3.8, 4) is 0 Å². The molecular formula is C6H14N2O4. The fourth-order valence-electron chi connectivity index (χ4n) is 0.365. The molecule has 0 heterocycles. The van der Waals surface area contributed by atoms with Crippen molar-refractivity contribution in [2.75, 3.05) is 13.1 Å². The number of hydrogen-bond acceptors (Lipinski definition) is 4. The SMILES string of the molecule is CCC[N+](=O)[O-].CCC[N+](=O)[O-]. The second-order valence-electron chi connectivity index (χ2n) is 2.11. The van der Waals surface area contributed by atoms with Gasteiger partial charge in [-0.2, -0.15) is 0 Å². The van der Waals surface area contributed by atoms with Crippen LogP contribution in [0.3, 0.4) is 0 Å². The Morgan fingerprint density at radius 2 is 1.17 bits per heavy atom. The zero-order chi connectivity index (χ0) is 9.98. The van der Waals surface area contributed by atoms with Crippen molar-refractivity contribution in [3.05, 3.63) is 20.2 Å². The van der Waals surface area contributed by atoms with Crippen molar-refractivity contribution < 1.29 is 9.85 Å². The van der Waals surface area contributed by atoms with Crippen LogP contribution >= 0.6 is 0 Å². The summed E-state index contributed by atoms with van der Waals surface area (Å²) in [6, 6.07) is 0. The van der Waals surface area contributed by atoms with Gasteiger partial charge in [0.1, 0.15) is 0 Å². The molecule has 12 heavy (non-hydrogen) atoms. The van der Waals surface area contributed by atoms with Crippen LogP contribution in [0.2, 0.25) is 0 Å². The summed E-state index contributed by atoms with van der Waals surface area (Å²) in [5, 5.41) is 18.8. The maximum absolute atomic E-state index is 9.40. The van der Waals surface area contributed by atoms with Crippen LogP contribution in [0.5, 0.6) is 0 Å². The van der Waals surface area contributed by atoms with E-state index in [-0.39, 0.29) is 22.9 Å². The molecule has 0 rings (SSSR count). The van der Waals surface area contributed by atoms with Crippen LogP contribution in [-0.2, 0) is 0 Å². The van der Waals surface area contributed by atoms with E-state index in [1.165, 1.54) is 0 Å². The van der Waals surface area contributed by atoms with Crippen LogP contribution in [0, 0.1) is 20.2 Å². The predicted molar refractivity (Wildman–Crippen MR) is 44.3 cm³/mol. The number of nitro groups is 2. The van der Waals surface area contributed by atoms with Crippen LogP contribution in [0.1, 0.15) is 26.7 Å². The average Bonchev–Trinajstić information content (AvgIpc) is 1.87. The highest BCUT2D eigenvalue weighted by Gasteiger charge is 1.86. The van der Waals surface area contributed by atoms with Crippen LogP contribution in [0.15, 0.2) is 0 Å². The van der Waals surface area contributed by atoms with Crippen LogP contribution in [0.4, 0.5) is 0 Å². The number of rotatable bonds is 4. The van der Waals surface area contributed by atoms with Crippen LogP contribution in [-0.4, -0.2) is 22.9 Å². The largest absolute Gasteiger partial charge is 0.265 e. The maximum atomic E-state index is 9.40. The standard InChI is InChI=1S/2C3H7NO2/c2*1-2-3-4(5)6/h2*2-3H2,1H3. The summed E-state index contributed by atoms with van der Waals surface area (Å²) >= 11 is 0. The van der Waals surface area contributed by atoms with Gasteiger partial charge in [-0.15, -0.1) is 0 Å². The Balaban J connectivity index is 0. The first-order valence-electron chi connectivity index (χ1n) is 3.78. The Labute approximate surface area is 70.9 Å². The molecule has 6 heteroatoms. The van der Waals surface area contributed by atoms with Crippen molar-refractivity contribution in [1.29, 1.82) is 0 Å². The van der Waals surface area contributed by atoms with Gasteiger partial charge in [-0.25, -0.2) is 0 Å². The summed E-state index contributed by atoms with van der Waals surface area (Å²) in [4.78, 5) is 18.2. The van der Waals surface area contributed by atoms with Crippen molar-refractivity contribution in [2.45, 2.75) is 26.7 Å². The van der Waals surface area contributed by atoms with Crippen LogP contribution in [0.25, 0.3) is 0 Å². The molecule has 72 valence electrons. The summed E-state index contributed by atoms with van der Waals surface area (Å²) < 4.78 is 0. The number of hydrogen-bond donors (Lipinski definition) is 0. The molecule has 6 nitrogen and oxygen atoms in total. The molecule has 0 aromatic heterocycles. The first-order valence-corrected chi connectivity index (χ1v) is 3.78. The summed E-state index contributed by atoms with van der Waals surface area (Å²) in [6.07, 6.45) is 1.26. The third-order valence-corrected chi connectivity index (χ3v) is 0.812. The Kier molecular flexibility index (Phi) is 10.9. The van der Waals surface area contributed by atoms with Gasteiger partial charge in [-0.3, -0.25) is 20.2 Å². The van der Waals surface area contributed by atoms with Gasteiger partial charge in [0.05, 0.1) is 0 Å². The summed E-state index contributed by atoms with van der Waals surface area (Å²) in [5.41, 5.74) is 0. The van der Waals surface area contributed by atoms with Gasteiger partial charge >= 0.3 is 0 Å². The first kappa shape index (κ1) is 13.4. The van der Waals surface area contributed by atoms with E-state index in [1.54, 1.807) is 13.8 Å². The van der Waals surface area contributed by atoms with Gasteiger partial charge < -0.3 is 0 Å². The third-order valence-electron chi connectivity index (χ3n) is 0.812. The Morgan fingerprint density at radius 3 is 1.17 bits per heavy atom. The molecule has 0 aliphatic heterocycles. The molecule has 0 aliphatic rings. The molecule has 0 aromatic rings. The molecule has 0 aromatic carbocycles. The minimum absolute atomic E-state index is 0.0972. The monoisotopic (exact) mass is 178 g/mol. The van der Waals surface area contributed by atoms with Crippen molar-refractivity contribution in [3.63, 3.8) is 0 Å². The minimum atomic E-state index is -0.319. The molecular weight excluding hydrogens is 164 g/mol. The van der Waals surface area contributed by atoms with Crippen molar-refractivity contribution in [2.24, 2.45) is 0 Å². The zero-order valence-corrected chi connectivity index (χ0v) is 7.36. The highest BCUT2D eigenvalue weighted by Crippen LogP contribution is 1.73. The van der Waals surface area contributed by atoms with Gasteiger partial charge in [0.15, 0.2) is 0 Å². The van der Waals surface area contributed by atoms with E-state index in [0.717, 1.165) is 0 Å². The molecule has 0 N–H and O–H groups in total. The third kappa shape index (κ3) is 23.2. The first-order chi connectivity index (χ1) is 5.54. The lowest BCUT2D eigenvalue weighted by atomic mass is 10.5. The summed E-state index contributed by atoms with van der Waals surface area (Å²) in [6.45, 7) is 3.76. The van der Waals surface area contributed by atoms with E-state index in [0.29, 0.717) is 12.8 Å². The molecule has 0 unspecified atom stereocenters. The molecule has 0 fully saturated rings. The molecule has 0 atom stereocenters. The van der Waals surface area contributed by atoms with E-state index in [9.17, 15) is 20.2 Å². The van der Waals surface area contributed by atoms with Gasteiger partial charge in [0, 0.05) is 22.7 Å². The maximum Gasteiger partial charge on any atom is 0.203 e. The van der Waals surface area contributed by atoms with E-state index < -0.39 is 0 Å². The average molecular weight is 178 g/mol. The van der Waals surface area contributed by atoms with Crippen molar-refractivity contribution >= 4 is 0 Å². The lowest BCUT2D eigenvalue weighted by Gasteiger charge is -1.80. The molecule has 0 radical (unpaired) electrons. The topological polar surface area (TPSA) is 86.3 Å². The second kappa shape index (κ2) is 9.80. The molecule has 0 amide bonds. The molecule has 0 aliphatic carbocycles. The Hall–Kier alpha value is -1.20. The summed E-state index contributed by atoms with van der Waals surface area (Å²) in [5.74, 6) is 0. The van der Waals surface area contributed by atoms with Crippen molar-refractivity contribution in [1.82, 2.24) is 0 Å². The Morgan fingerprint density at radius 1 is 0.917 bits per heavy atom. The fraction of sp³-hybridized carbons (Fsp3) is 1.00. The smallest absolute Gasteiger partial charge is 0.203 e. The Bertz CT molecular complexity index is 122. The highest BCUT2D eigenvalue weighted by molar-refractivity contribution is 4.18. The fourth-order valence-corrected chi connectivity index (χ4v) is 0.365. The molecule has 0 saturated carbocycles. The highest BCUT2D eigenvalue weighted by atomic mass is 16.6. The van der Waals surface area contributed by atoms with Gasteiger partial charge in [0.25, 0.3) is 0 Å². The summed E-state index contributed by atoms with van der Waals surface area (Å²) in [7, 11) is 0. The zero-order valence-electron chi connectivity index (χ0n) is 7.36. The normalized spacial score (nSPS) is 8.17. The molecule has 0 saturated heterocycles. The molecule has 0 spiro atoms. The minimum Gasteiger partial charge on any atom is -0.265 e. The van der Waals surface area contributed by atoms with E-state index in [1.807, 2.05) is 0 Å².